The molecule has 2 N–H and O–H groups in total. The topological polar surface area (TPSA) is 24.1 Å². The van der Waals surface area contributed by atoms with E-state index in [-0.39, 0.29) is 0 Å². The molecule has 1 unspecified atom stereocenters. The van der Waals surface area contributed by atoms with Gasteiger partial charge in [-0.15, -0.1) is 0 Å². The molecular weight excluding hydrogens is 184 g/mol. The molecule has 0 aromatic heterocycles. The van der Waals surface area contributed by atoms with E-state index in [2.05, 4.69) is 34.9 Å². The molecule has 15 heavy (non-hydrogen) atoms. The highest BCUT2D eigenvalue weighted by atomic mass is 15.0. The van der Waals surface area contributed by atoms with Gasteiger partial charge in [0.15, 0.2) is 0 Å². The lowest BCUT2D eigenvalue weighted by molar-refractivity contribution is 0.334. The summed E-state index contributed by atoms with van der Waals surface area (Å²) < 4.78 is 0. The molecule has 1 aromatic rings. The van der Waals surface area contributed by atoms with Crippen LogP contribution in [0.15, 0.2) is 24.3 Å². The summed E-state index contributed by atoms with van der Waals surface area (Å²) >= 11 is 0. The average Bonchev–Trinajstić information content (AvgIpc) is 2.60. The Kier molecular flexibility index (Phi) is 2.37. The molecule has 1 fully saturated rings. The first-order valence-corrected chi connectivity index (χ1v) is 5.99. The summed E-state index contributed by atoms with van der Waals surface area (Å²) in [5.41, 5.74) is 2.82. The quantitative estimate of drug-likeness (QED) is 0.786. The zero-order valence-electron chi connectivity index (χ0n) is 9.00. The van der Waals surface area contributed by atoms with Crippen LogP contribution in [0.3, 0.4) is 0 Å². The molecule has 1 saturated carbocycles. The Balaban J connectivity index is 1.63. The third-order valence-electron chi connectivity index (χ3n) is 3.70. The molecule has 1 aromatic carbocycles. The van der Waals surface area contributed by atoms with Gasteiger partial charge in [-0.05, 0) is 24.5 Å². The van der Waals surface area contributed by atoms with E-state index in [1.54, 1.807) is 0 Å². The molecule has 0 bridgehead atoms. The van der Waals surface area contributed by atoms with Crippen LogP contribution in [0.5, 0.6) is 0 Å². The smallest absolute Gasteiger partial charge is 0.0376 e. The summed E-state index contributed by atoms with van der Waals surface area (Å²) in [5, 5.41) is 7.13. The van der Waals surface area contributed by atoms with Crippen LogP contribution in [0.25, 0.3) is 0 Å². The summed E-state index contributed by atoms with van der Waals surface area (Å²) in [5.74, 6) is 0.668. The van der Waals surface area contributed by atoms with Gasteiger partial charge in [-0.3, -0.25) is 0 Å². The Morgan fingerprint density at radius 2 is 2.13 bits per heavy atom. The zero-order chi connectivity index (χ0) is 10.1. The second-order valence-corrected chi connectivity index (χ2v) is 4.70. The Morgan fingerprint density at radius 3 is 2.93 bits per heavy atom. The van der Waals surface area contributed by atoms with Gasteiger partial charge in [0.05, 0.1) is 0 Å². The van der Waals surface area contributed by atoms with Crippen molar-refractivity contribution < 1.29 is 0 Å². The van der Waals surface area contributed by atoms with E-state index in [9.17, 15) is 0 Å². The molecule has 1 atom stereocenters. The summed E-state index contributed by atoms with van der Waals surface area (Å²) in [4.78, 5) is 0. The number of fused-ring (bicyclic) bond motifs is 1. The second-order valence-electron chi connectivity index (χ2n) is 4.70. The van der Waals surface area contributed by atoms with Gasteiger partial charge in [-0.25, -0.2) is 0 Å². The van der Waals surface area contributed by atoms with Crippen LogP contribution in [0.2, 0.25) is 0 Å². The molecule has 1 aliphatic carbocycles. The highest BCUT2D eigenvalue weighted by Crippen LogP contribution is 2.31. The maximum Gasteiger partial charge on any atom is 0.0376 e. The highest BCUT2D eigenvalue weighted by Gasteiger charge is 2.23. The second kappa shape index (κ2) is 3.86. The van der Waals surface area contributed by atoms with Gasteiger partial charge < -0.3 is 10.6 Å². The number of anilines is 1. The SMILES string of the molecule is c1ccc2c(c1)NCC2CNC1CCC1. The third-order valence-corrected chi connectivity index (χ3v) is 3.70. The summed E-state index contributed by atoms with van der Waals surface area (Å²) in [6, 6.07) is 9.48. The van der Waals surface area contributed by atoms with Crippen LogP contribution in [0, 0.1) is 0 Å². The normalized spacial score (nSPS) is 24.4. The lowest BCUT2D eigenvalue weighted by Crippen LogP contribution is -2.37. The lowest BCUT2D eigenvalue weighted by atomic mass is 9.92. The van der Waals surface area contributed by atoms with Crippen molar-refractivity contribution >= 4 is 5.69 Å². The number of hydrogen-bond acceptors (Lipinski definition) is 2. The first kappa shape index (κ1) is 9.22. The van der Waals surface area contributed by atoms with E-state index >= 15 is 0 Å². The molecule has 2 aliphatic rings. The molecule has 0 radical (unpaired) electrons. The van der Waals surface area contributed by atoms with Crippen molar-refractivity contribution in [2.75, 3.05) is 18.4 Å². The van der Waals surface area contributed by atoms with Crippen molar-refractivity contribution in [1.82, 2.24) is 5.32 Å². The highest BCUT2D eigenvalue weighted by molar-refractivity contribution is 5.57. The Hall–Kier alpha value is -1.02. The minimum absolute atomic E-state index is 0.668. The fourth-order valence-corrected chi connectivity index (χ4v) is 2.46. The molecule has 1 heterocycles. The molecule has 2 nitrogen and oxygen atoms in total. The molecule has 1 aliphatic heterocycles. The maximum atomic E-state index is 3.66. The first-order chi connectivity index (χ1) is 7.43. The van der Waals surface area contributed by atoms with Crippen molar-refractivity contribution in [2.24, 2.45) is 0 Å². The molecule has 3 rings (SSSR count). The molecule has 2 heteroatoms. The van der Waals surface area contributed by atoms with Crippen molar-refractivity contribution in [1.29, 1.82) is 0 Å². The lowest BCUT2D eigenvalue weighted by Gasteiger charge is -2.28. The Bertz CT molecular complexity index is 344. The number of hydrogen-bond donors (Lipinski definition) is 2. The van der Waals surface area contributed by atoms with Crippen LogP contribution in [0.1, 0.15) is 30.7 Å². The first-order valence-electron chi connectivity index (χ1n) is 5.99. The predicted molar refractivity (Wildman–Crippen MR) is 63.3 cm³/mol. The molecule has 0 amide bonds. The maximum absolute atomic E-state index is 3.66. The molecular formula is C13H18N2. The van der Waals surface area contributed by atoms with Crippen LogP contribution in [0.4, 0.5) is 5.69 Å². The van der Waals surface area contributed by atoms with Crippen molar-refractivity contribution in [3.63, 3.8) is 0 Å². The fourth-order valence-electron chi connectivity index (χ4n) is 2.46. The van der Waals surface area contributed by atoms with Crippen molar-refractivity contribution in [3.8, 4) is 0 Å². The van der Waals surface area contributed by atoms with Gasteiger partial charge >= 0.3 is 0 Å². The van der Waals surface area contributed by atoms with Crippen LogP contribution < -0.4 is 10.6 Å². The molecule has 80 valence electrons. The van der Waals surface area contributed by atoms with Crippen LogP contribution in [-0.2, 0) is 0 Å². The summed E-state index contributed by atoms with van der Waals surface area (Å²) in [6.07, 6.45) is 4.17. The van der Waals surface area contributed by atoms with Gasteiger partial charge in [0.1, 0.15) is 0 Å². The van der Waals surface area contributed by atoms with E-state index in [1.165, 1.54) is 30.5 Å². The fraction of sp³-hybridized carbons (Fsp3) is 0.538. The van der Waals surface area contributed by atoms with E-state index in [0.29, 0.717) is 5.92 Å². The monoisotopic (exact) mass is 202 g/mol. The van der Waals surface area contributed by atoms with Gasteiger partial charge in [-0.1, -0.05) is 24.6 Å². The third kappa shape index (κ3) is 1.74. The van der Waals surface area contributed by atoms with Gasteiger partial charge in [0.25, 0.3) is 0 Å². The van der Waals surface area contributed by atoms with Crippen molar-refractivity contribution in [3.05, 3.63) is 29.8 Å². The molecule has 0 saturated heterocycles. The zero-order valence-corrected chi connectivity index (χ0v) is 9.00. The van der Waals surface area contributed by atoms with Crippen LogP contribution in [-0.4, -0.2) is 19.1 Å². The number of para-hydroxylation sites is 1. The van der Waals surface area contributed by atoms with Crippen LogP contribution >= 0.6 is 0 Å². The minimum atomic E-state index is 0.668. The summed E-state index contributed by atoms with van der Waals surface area (Å²) in [6.45, 7) is 2.23. The number of benzene rings is 1. The van der Waals surface area contributed by atoms with Gasteiger partial charge in [0.2, 0.25) is 0 Å². The predicted octanol–water partition coefficient (Wildman–Crippen LogP) is 2.34. The van der Waals surface area contributed by atoms with Crippen molar-refractivity contribution in [2.45, 2.75) is 31.2 Å². The van der Waals surface area contributed by atoms with E-state index in [0.717, 1.165) is 19.1 Å². The van der Waals surface area contributed by atoms with E-state index in [4.69, 9.17) is 0 Å². The number of rotatable bonds is 3. The molecule has 0 spiro atoms. The Morgan fingerprint density at radius 1 is 1.27 bits per heavy atom. The van der Waals surface area contributed by atoms with E-state index < -0.39 is 0 Å². The average molecular weight is 202 g/mol. The minimum Gasteiger partial charge on any atom is -0.384 e. The summed E-state index contributed by atoms with van der Waals surface area (Å²) in [7, 11) is 0. The largest absolute Gasteiger partial charge is 0.384 e. The Labute approximate surface area is 91.1 Å². The standard InChI is InChI=1S/C13H18N2/c1-2-7-13-12(6-1)10(9-15-13)8-14-11-4-3-5-11/h1-2,6-7,10-11,14-15H,3-5,8-9H2. The number of nitrogens with one attached hydrogen (secondary N) is 2. The van der Waals surface area contributed by atoms with Gasteiger partial charge in [0, 0.05) is 30.7 Å². The van der Waals surface area contributed by atoms with Gasteiger partial charge in [-0.2, -0.15) is 0 Å². The van der Waals surface area contributed by atoms with E-state index in [1.807, 2.05) is 0 Å².